The minimum absolute atomic E-state index is 0.0225. The molecule has 0 spiro atoms. The second kappa shape index (κ2) is 26.0. The van der Waals surface area contributed by atoms with Crippen molar-refractivity contribution in [3.63, 3.8) is 0 Å². The Morgan fingerprint density at radius 3 is 1.48 bits per heavy atom. The first-order valence-electron chi connectivity index (χ1n) is 25.3. The summed E-state index contributed by atoms with van der Waals surface area (Å²) in [5.41, 5.74) is 28.9. The van der Waals surface area contributed by atoms with E-state index in [-0.39, 0.29) is 11.8 Å². The van der Waals surface area contributed by atoms with E-state index in [1.54, 1.807) is 0 Å². The average molecular weight is 951 g/mol. The number of aliphatic hydroxyl groups excluding tert-OH is 1. The Hall–Kier alpha value is -5.42. The standard InChI is InChI=1S/C54H77N9O6/c1-9-37-35(7)53-54-36(8)38(10-2)46(63-54)30-44-34(6)42(14-16-52(65)58-20-24-69-28-26-67-22-18-56)50(60-44)32-48-40(12-4)39(11-3)47(61-48)31-49-41(33(5)43(59-49)29-45(37)62-53)13-15-51(64)57-19-23-68-27-25-66-21-17-55/h29-32,59-61H,9-28,55-56H2,1-8H3,(H,57,64)(H,58,65)/p+3. The fourth-order valence-corrected chi connectivity index (χ4v) is 9.62. The minimum atomic E-state index is -0.0225. The van der Waals surface area contributed by atoms with Crippen LogP contribution in [-0.2, 0) is 49.4 Å². The number of carbonyl (C=O) groups excluding carboxylic acids is 1. The quantitative estimate of drug-likeness (QED) is 0.0232. The summed E-state index contributed by atoms with van der Waals surface area (Å²) < 4.78 is 22.3. The van der Waals surface area contributed by atoms with Crippen molar-refractivity contribution in [3.05, 3.63) is 80.4 Å². The van der Waals surface area contributed by atoms with Crippen molar-refractivity contribution in [2.24, 2.45) is 0 Å². The number of nitrogens with one attached hydrogen (secondary N) is 5. The van der Waals surface area contributed by atoms with E-state index < -0.39 is 0 Å². The van der Waals surface area contributed by atoms with Crippen LogP contribution in [0.3, 0.4) is 0 Å². The molecular formula is C54H80N9O6+3. The smallest absolute Gasteiger partial charge is 0.332 e. The van der Waals surface area contributed by atoms with Crippen molar-refractivity contribution in [2.45, 2.75) is 107 Å². The van der Waals surface area contributed by atoms with Gasteiger partial charge in [-0.2, -0.15) is 0 Å². The third kappa shape index (κ3) is 13.1. The van der Waals surface area contributed by atoms with E-state index in [0.717, 1.165) is 128 Å². The van der Waals surface area contributed by atoms with Gasteiger partial charge in [0.15, 0.2) is 6.54 Å². The zero-order valence-corrected chi connectivity index (χ0v) is 42.7. The average Bonchev–Trinajstić information content (AvgIpc) is 4.10. The van der Waals surface area contributed by atoms with Crippen LogP contribution in [0.1, 0.15) is 123 Å². The number of aryl methyl sites for hydroxylation is 6. The number of aromatic nitrogens is 5. The van der Waals surface area contributed by atoms with Crippen LogP contribution in [0, 0.1) is 13.8 Å². The van der Waals surface area contributed by atoms with E-state index in [4.69, 9.17) is 28.9 Å². The molecule has 69 heavy (non-hydrogen) atoms. The SMILES string of the molecule is CCC1=C(C)c2nc1cc1[nH]c(cc3[nH]c(cc4[nH]c(cc5nc2C(C)=C5CC)c(C)c4CCC(O)=[NH+]CCOCCOCC[NH3+])c(CC)c3CC)c(CCC(=O)NCCOCCOCC[NH3+])c1C. The van der Waals surface area contributed by atoms with Crippen LogP contribution in [0.5, 0.6) is 0 Å². The summed E-state index contributed by atoms with van der Waals surface area (Å²) in [5.74, 6) is 0.201. The Kier molecular flexibility index (Phi) is 19.9. The molecule has 0 unspecified atom stereocenters. The van der Waals surface area contributed by atoms with Gasteiger partial charge in [0, 0.05) is 46.1 Å². The molecule has 4 aromatic heterocycles. The number of fused-ring (bicyclic) bond motifs is 11. The maximum absolute atomic E-state index is 13.3. The Bertz CT molecular complexity index is 2720. The number of hydrogen-bond donors (Lipinski definition) is 8. The van der Waals surface area contributed by atoms with Crippen LogP contribution in [0.25, 0.3) is 55.4 Å². The number of allylic oxidation sites excluding steroid dienone is 4. The van der Waals surface area contributed by atoms with E-state index in [2.05, 4.69) is 116 Å². The molecule has 15 nitrogen and oxygen atoms in total. The molecule has 0 fully saturated rings. The molecule has 2 aliphatic heterocycles. The molecule has 0 aromatic carbocycles. The van der Waals surface area contributed by atoms with Gasteiger partial charge in [-0.25, -0.2) is 15.0 Å². The predicted octanol–water partition coefficient (Wildman–Crippen LogP) is 5.35. The molecule has 0 saturated heterocycles. The summed E-state index contributed by atoms with van der Waals surface area (Å²) in [5, 5.41) is 14.1. The molecule has 6 rings (SSSR count). The van der Waals surface area contributed by atoms with Crippen molar-refractivity contribution in [2.75, 3.05) is 79.0 Å². The summed E-state index contributed by atoms with van der Waals surface area (Å²) >= 11 is 0. The molecule has 0 aliphatic carbocycles. The van der Waals surface area contributed by atoms with Gasteiger partial charge in [0.1, 0.15) is 6.61 Å². The third-order valence-corrected chi connectivity index (χ3v) is 13.3. The fourth-order valence-electron chi connectivity index (χ4n) is 9.62. The molecule has 15 heteroatoms. The lowest BCUT2D eigenvalue weighted by molar-refractivity contribution is -0.472. The van der Waals surface area contributed by atoms with Crippen LogP contribution in [0.15, 0.2) is 24.3 Å². The number of H-pyrrole nitrogens is 3. The van der Waals surface area contributed by atoms with Crippen molar-refractivity contribution in [3.8, 4) is 0 Å². The number of amides is 1. The highest BCUT2D eigenvalue weighted by molar-refractivity contribution is 6.00. The summed E-state index contributed by atoms with van der Waals surface area (Å²) in [6, 6.07) is 8.84. The molecule has 1 amide bonds. The second-order valence-corrected chi connectivity index (χ2v) is 17.8. The largest absolute Gasteiger partial charge is 0.464 e. The maximum Gasteiger partial charge on any atom is 0.332 e. The Balaban J connectivity index is 1.49. The van der Waals surface area contributed by atoms with Crippen molar-refractivity contribution < 1.29 is 45.3 Å². The van der Waals surface area contributed by atoms with Gasteiger partial charge in [0.05, 0.1) is 88.5 Å². The van der Waals surface area contributed by atoms with Crippen molar-refractivity contribution in [1.29, 1.82) is 0 Å². The van der Waals surface area contributed by atoms with E-state index in [1.165, 1.54) is 22.3 Å². The topological polar surface area (TPSA) is 229 Å². The molecule has 10 bridgehead atoms. The number of ether oxygens (including phenoxy) is 4. The number of aromatic amines is 3. The summed E-state index contributed by atoms with van der Waals surface area (Å²) in [4.78, 5) is 38.7. The number of nitrogens with zero attached hydrogens (tertiary/aromatic N) is 2. The Labute approximate surface area is 407 Å². The molecule has 2 aliphatic rings. The molecule has 6 heterocycles. The first-order chi connectivity index (χ1) is 33.5. The van der Waals surface area contributed by atoms with E-state index in [0.29, 0.717) is 91.6 Å². The molecular weight excluding hydrogens is 871 g/mol. The van der Waals surface area contributed by atoms with Crippen LogP contribution >= 0.6 is 0 Å². The summed E-state index contributed by atoms with van der Waals surface area (Å²) in [6.07, 6.45) is 5.24. The first kappa shape index (κ1) is 52.9. The molecule has 4 aromatic rings. The monoisotopic (exact) mass is 951 g/mol. The zero-order valence-electron chi connectivity index (χ0n) is 42.7. The third-order valence-electron chi connectivity index (χ3n) is 13.3. The highest BCUT2D eigenvalue weighted by Gasteiger charge is 2.25. The van der Waals surface area contributed by atoms with E-state index >= 15 is 0 Å². The number of carbonyl (C=O) groups is 1. The molecule has 0 radical (unpaired) electrons. The van der Waals surface area contributed by atoms with Gasteiger partial charge in [0.2, 0.25) is 5.91 Å². The lowest BCUT2D eigenvalue weighted by Crippen LogP contribution is -2.74. The Morgan fingerprint density at radius 1 is 0.580 bits per heavy atom. The summed E-state index contributed by atoms with van der Waals surface area (Å²) in [6.45, 7) is 24.0. The minimum Gasteiger partial charge on any atom is -0.464 e. The van der Waals surface area contributed by atoms with Gasteiger partial charge < -0.3 is 55.8 Å². The van der Waals surface area contributed by atoms with Crippen molar-refractivity contribution >= 4 is 67.2 Å². The molecule has 12 N–H and O–H groups in total. The molecule has 0 saturated carbocycles. The van der Waals surface area contributed by atoms with Gasteiger partial charge in [-0.05, 0) is 146 Å². The second-order valence-electron chi connectivity index (χ2n) is 17.8. The van der Waals surface area contributed by atoms with E-state index in [9.17, 15) is 9.90 Å². The number of quaternary nitrogens is 2. The first-order valence-corrected chi connectivity index (χ1v) is 25.3. The highest BCUT2D eigenvalue weighted by Crippen LogP contribution is 2.40. The van der Waals surface area contributed by atoms with Gasteiger partial charge in [-0.3, -0.25) is 4.79 Å². The van der Waals surface area contributed by atoms with Crippen LogP contribution in [0.2, 0.25) is 0 Å². The van der Waals surface area contributed by atoms with E-state index in [1.807, 2.05) is 0 Å². The van der Waals surface area contributed by atoms with Crippen LogP contribution in [0.4, 0.5) is 0 Å². The number of hydrogen-bond acceptors (Lipinski definition) is 7. The van der Waals surface area contributed by atoms with Crippen LogP contribution in [-0.4, -0.2) is 121 Å². The highest BCUT2D eigenvalue weighted by atomic mass is 16.5. The molecule has 374 valence electrons. The van der Waals surface area contributed by atoms with Gasteiger partial charge >= 0.3 is 5.90 Å². The normalized spacial score (nSPS) is 13.1. The lowest BCUT2D eigenvalue weighted by Gasteiger charge is -2.07. The van der Waals surface area contributed by atoms with Crippen LogP contribution < -0.4 is 21.8 Å². The van der Waals surface area contributed by atoms with Gasteiger partial charge in [-0.1, -0.05) is 27.7 Å². The van der Waals surface area contributed by atoms with Crippen molar-refractivity contribution in [1.82, 2.24) is 30.2 Å². The molecule has 0 atom stereocenters. The predicted molar refractivity (Wildman–Crippen MR) is 277 cm³/mol. The Morgan fingerprint density at radius 2 is 1.01 bits per heavy atom. The van der Waals surface area contributed by atoms with Gasteiger partial charge in [-0.15, -0.1) is 0 Å². The van der Waals surface area contributed by atoms with Gasteiger partial charge in [0.25, 0.3) is 0 Å². The maximum atomic E-state index is 13.3. The zero-order chi connectivity index (χ0) is 49.5. The number of rotatable bonds is 26. The summed E-state index contributed by atoms with van der Waals surface area (Å²) in [7, 11) is 0. The number of aliphatic hydroxyl groups is 1. The lowest BCUT2D eigenvalue weighted by atomic mass is 9.99. The fraction of sp³-hybridized carbons (Fsp3) is 0.519.